The Hall–Kier alpha value is -1.26. The van der Waals surface area contributed by atoms with Crippen LogP contribution in [0.5, 0.6) is 0 Å². The molecule has 0 radical (unpaired) electrons. The smallest absolute Gasteiger partial charge is 0.245 e. The summed E-state index contributed by atoms with van der Waals surface area (Å²) < 4.78 is 0. The summed E-state index contributed by atoms with van der Waals surface area (Å²) in [4.78, 5) is 28.0. The molecule has 0 aromatic heterocycles. The van der Waals surface area contributed by atoms with Gasteiger partial charge in [-0.1, -0.05) is 55.5 Å². The Bertz CT molecular complexity index is 698. The SMILES string of the molecule is CC(Cc1ccc(Cl)cc1Cl)C(=O)N[C@H](C(=O)N1CCCC1)C1CCCCC1. The van der Waals surface area contributed by atoms with Gasteiger partial charge in [-0.15, -0.1) is 0 Å². The van der Waals surface area contributed by atoms with Crippen LogP contribution >= 0.6 is 23.2 Å². The highest BCUT2D eigenvalue weighted by atomic mass is 35.5. The van der Waals surface area contributed by atoms with Gasteiger partial charge in [0.15, 0.2) is 0 Å². The highest BCUT2D eigenvalue weighted by Gasteiger charge is 2.35. The summed E-state index contributed by atoms with van der Waals surface area (Å²) in [5.41, 5.74) is 0.897. The number of rotatable bonds is 6. The van der Waals surface area contributed by atoms with E-state index in [1.165, 1.54) is 6.42 Å². The van der Waals surface area contributed by atoms with Gasteiger partial charge in [0.2, 0.25) is 11.8 Å². The molecule has 3 rings (SSSR count). The second-order valence-corrected chi connectivity index (χ2v) is 9.10. The molecule has 1 saturated heterocycles. The van der Waals surface area contributed by atoms with Crippen LogP contribution in [0.15, 0.2) is 18.2 Å². The summed E-state index contributed by atoms with van der Waals surface area (Å²) in [6.07, 6.45) is 8.17. The van der Waals surface area contributed by atoms with Crippen molar-refractivity contribution in [2.45, 2.75) is 64.3 Å². The molecule has 1 saturated carbocycles. The summed E-state index contributed by atoms with van der Waals surface area (Å²) in [5.74, 6) is 0.0110. The van der Waals surface area contributed by atoms with Gasteiger partial charge in [-0.3, -0.25) is 9.59 Å². The third kappa shape index (κ3) is 5.42. The highest BCUT2D eigenvalue weighted by Crippen LogP contribution is 2.29. The van der Waals surface area contributed by atoms with Crippen molar-refractivity contribution in [1.29, 1.82) is 0 Å². The number of hydrogen-bond donors (Lipinski definition) is 1. The van der Waals surface area contributed by atoms with Crippen LogP contribution in [0.25, 0.3) is 0 Å². The number of likely N-dealkylation sites (tertiary alicyclic amines) is 1. The lowest BCUT2D eigenvalue weighted by Gasteiger charge is -2.33. The number of hydrogen-bond acceptors (Lipinski definition) is 2. The van der Waals surface area contributed by atoms with Crippen molar-refractivity contribution in [3.05, 3.63) is 33.8 Å². The fourth-order valence-electron chi connectivity index (χ4n) is 4.39. The Morgan fingerprint density at radius 2 is 1.79 bits per heavy atom. The van der Waals surface area contributed by atoms with Gasteiger partial charge >= 0.3 is 0 Å². The maximum Gasteiger partial charge on any atom is 0.245 e. The van der Waals surface area contributed by atoms with Crippen molar-refractivity contribution in [2.75, 3.05) is 13.1 Å². The molecule has 0 spiro atoms. The molecule has 2 atom stereocenters. The van der Waals surface area contributed by atoms with Gasteiger partial charge in [0.05, 0.1) is 0 Å². The van der Waals surface area contributed by atoms with Gasteiger partial charge in [-0.2, -0.15) is 0 Å². The minimum atomic E-state index is -0.394. The number of carbonyl (C=O) groups is 2. The second kappa shape index (κ2) is 9.98. The van der Waals surface area contributed by atoms with Gasteiger partial charge in [-0.25, -0.2) is 0 Å². The molecule has 1 aliphatic heterocycles. The maximum absolute atomic E-state index is 13.1. The van der Waals surface area contributed by atoms with E-state index >= 15 is 0 Å². The lowest BCUT2D eigenvalue weighted by Crippen LogP contribution is -2.53. The molecular weight excluding hydrogens is 395 g/mol. The quantitative estimate of drug-likeness (QED) is 0.708. The molecule has 1 aromatic rings. The van der Waals surface area contributed by atoms with Crippen molar-refractivity contribution < 1.29 is 9.59 Å². The Labute approximate surface area is 177 Å². The summed E-state index contributed by atoms with van der Waals surface area (Å²) in [7, 11) is 0. The average molecular weight is 425 g/mol. The van der Waals surface area contributed by atoms with Gasteiger partial charge < -0.3 is 10.2 Å². The normalized spacial score (nSPS) is 20.0. The number of amides is 2. The monoisotopic (exact) mass is 424 g/mol. The molecule has 1 heterocycles. The van der Waals surface area contributed by atoms with Crippen molar-refractivity contribution in [1.82, 2.24) is 10.2 Å². The van der Waals surface area contributed by atoms with Crippen LogP contribution in [0.1, 0.15) is 57.4 Å². The molecule has 2 fully saturated rings. The third-order valence-corrected chi connectivity index (χ3v) is 6.68. The van der Waals surface area contributed by atoms with Crippen molar-refractivity contribution in [3.63, 3.8) is 0 Å². The second-order valence-electron chi connectivity index (χ2n) is 8.26. The van der Waals surface area contributed by atoms with E-state index in [0.29, 0.717) is 16.5 Å². The Morgan fingerprint density at radius 1 is 1.11 bits per heavy atom. The predicted octanol–water partition coefficient (Wildman–Crippen LogP) is 4.86. The van der Waals surface area contributed by atoms with Gasteiger partial charge in [0.1, 0.15) is 6.04 Å². The first-order chi connectivity index (χ1) is 13.5. The van der Waals surface area contributed by atoms with Crippen LogP contribution < -0.4 is 5.32 Å². The van der Waals surface area contributed by atoms with Crippen molar-refractivity contribution in [2.24, 2.45) is 11.8 Å². The van der Waals surface area contributed by atoms with Crippen LogP contribution in [0.3, 0.4) is 0 Å². The number of nitrogens with zero attached hydrogens (tertiary/aromatic N) is 1. The lowest BCUT2D eigenvalue weighted by atomic mass is 9.83. The van der Waals surface area contributed by atoms with E-state index in [2.05, 4.69) is 5.32 Å². The largest absolute Gasteiger partial charge is 0.344 e. The average Bonchev–Trinajstić information content (AvgIpc) is 3.23. The first-order valence-electron chi connectivity index (χ1n) is 10.5. The van der Waals surface area contributed by atoms with Crippen LogP contribution in [0.4, 0.5) is 0 Å². The third-order valence-electron chi connectivity index (χ3n) is 6.09. The number of benzene rings is 1. The van der Waals surface area contributed by atoms with Gasteiger partial charge in [0.25, 0.3) is 0 Å². The molecule has 2 amide bonds. The molecule has 1 aromatic carbocycles. The van der Waals surface area contributed by atoms with E-state index in [4.69, 9.17) is 23.2 Å². The zero-order valence-electron chi connectivity index (χ0n) is 16.6. The van der Waals surface area contributed by atoms with Crippen LogP contribution in [0, 0.1) is 11.8 Å². The molecule has 154 valence electrons. The standard InChI is InChI=1S/C22H30Cl2N2O2/c1-15(13-17-9-10-18(23)14-19(17)24)21(27)25-20(16-7-3-2-4-8-16)22(28)26-11-5-6-12-26/h9-10,14-16,20H,2-8,11-13H2,1H3,(H,25,27)/t15?,20-/m0/s1. The first kappa shape index (κ1) is 21.4. The van der Waals surface area contributed by atoms with Gasteiger partial charge in [-0.05, 0) is 55.7 Å². The number of nitrogens with one attached hydrogen (secondary N) is 1. The van der Waals surface area contributed by atoms with Crippen LogP contribution in [-0.2, 0) is 16.0 Å². The Morgan fingerprint density at radius 3 is 2.43 bits per heavy atom. The minimum absolute atomic E-state index is 0.0749. The van der Waals surface area contributed by atoms with Gasteiger partial charge in [0, 0.05) is 29.1 Å². The molecule has 1 N–H and O–H groups in total. The maximum atomic E-state index is 13.1. The summed E-state index contributed by atoms with van der Waals surface area (Å²) >= 11 is 12.2. The molecule has 2 aliphatic rings. The van der Waals surface area contributed by atoms with Crippen molar-refractivity contribution in [3.8, 4) is 0 Å². The fraction of sp³-hybridized carbons (Fsp3) is 0.636. The number of carbonyl (C=O) groups excluding carboxylic acids is 2. The predicted molar refractivity (Wildman–Crippen MR) is 114 cm³/mol. The van der Waals surface area contributed by atoms with Crippen LogP contribution in [-0.4, -0.2) is 35.8 Å². The number of halogens is 2. The molecule has 4 nitrogen and oxygen atoms in total. The summed E-state index contributed by atoms with van der Waals surface area (Å²) in [6.45, 7) is 3.51. The molecule has 1 unspecified atom stereocenters. The zero-order chi connectivity index (χ0) is 20.1. The molecule has 0 bridgehead atoms. The Kier molecular flexibility index (Phi) is 7.64. The Balaban J connectivity index is 1.67. The van der Waals surface area contributed by atoms with E-state index < -0.39 is 6.04 Å². The minimum Gasteiger partial charge on any atom is -0.344 e. The van der Waals surface area contributed by atoms with E-state index in [0.717, 1.165) is 57.2 Å². The van der Waals surface area contributed by atoms with E-state index in [9.17, 15) is 9.59 Å². The van der Waals surface area contributed by atoms with Crippen LogP contribution in [0.2, 0.25) is 10.0 Å². The van der Waals surface area contributed by atoms with Crippen molar-refractivity contribution >= 4 is 35.0 Å². The topological polar surface area (TPSA) is 49.4 Å². The van der Waals surface area contributed by atoms with E-state index in [-0.39, 0.29) is 23.7 Å². The van der Waals surface area contributed by atoms with E-state index in [1.54, 1.807) is 12.1 Å². The molecule has 6 heteroatoms. The first-order valence-corrected chi connectivity index (χ1v) is 11.2. The van der Waals surface area contributed by atoms with E-state index in [1.807, 2.05) is 17.9 Å². The summed E-state index contributed by atoms with van der Waals surface area (Å²) in [6, 6.07) is 4.96. The molecule has 1 aliphatic carbocycles. The molecule has 28 heavy (non-hydrogen) atoms. The molecular formula is C22H30Cl2N2O2. The fourth-order valence-corrected chi connectivity index (χ4v) is 4.87. The zero-order valence-corrected chi connectivity index (χ0v) is 18.1. The lowest BCUT2D eigenvalue weighted by molar-refractivity contribution is -0.138. The summed E-state index contributed by atoms with van der Waals surface area (Å²) in [5, 5.41) is 4.27. The highest BCUT2D eigenvalue weighted by molar-refractivity contribution is 6.35.